The summed E-state index contributed by atoms with van der Waals surface area (Å²) in [5.41, 5.74) is 1.20. The summed E-state index contributed by atoms with van der Waals surface area (Å²) in [5, 5.41) is 4.31. The molecule has 2 heteroatoms. The van der Waals surface area contributed by atoms with Gasteiger partial charge in [0.2, 0.25) is 0 Å². The number of benzene rings is 1. The first-order chi connectivity index (χ1) is 9.31. The molecule has 1 aromatic rings. The Hall–Kier alpha value is -1.31. The van der Waals surface area contributed by atoms with Crippen LogP contribution in [0.1, 0.15) is 44.1 Å². The van der Waals surface area contributed by atoms with Gasteiger partial charge in [0.1, 0.15) is 5.60 Å². The molecular formula is C17H21NO. The van der Waals surface area contributed by atoms with Crippen LogP contribution in [0.2, 0.25) is 0 Å². The van der Waals surface area contributed by atoms with Crippen molar-refractivity contribution in [1.82, 2.24) is 0 Å². The fourth-order valence-electron chi connectivity index (χ4n) is 4.88. The van der Waals surface area contributed by atoms with E-state index in [2.05, 4.69) is 17.3 Å². The van der Waals surface area contributed by atoms with Gasteiger partial charge in [-0.25, -0.2) is 0 Å². The topological polar surface area (TPSA) is 21.6 Å². The van der Waals surface area contributed by atoms with Gasteiger partial charge in [0.05, 0.1) is 6.21 Å². The van der Waals surface area contributed by atoms with E-state index in [1.165, 1.54) is 38.5 Å². The molecule has 0 heterocycles. The van der Waals surface area contributed by atoms with Gasteiger partial charge in [-0.2, -0.15) is 0 Å². The molecule has 100 valence electrons. The maximum absolute atomic E-state index is 6.02. The van der Waals surface area contributed by atoms with Crippen LogP contribution < -0.4 is 0 Å². The average molecular weight is 255 g/mol. The maximum Gasteiger partial charge on any atom is 0.138 e. The number of hydrogen-bond acceptors (Lipinski definition) is 2. The molecule has 0 spiro atoms. The van der Waals surface area contributed by atoms with Gasteiger partial charge in [0, 0.05) is 0 Å². The van der Waals surface area contributed by atoms with Crippen LogP contribution in [0.4, 0.5) is 0 Å². The molecule has 4 fully saturated rings. The van der Waals surface area contributed by atoms with Crippen LogP contribution in [-0.4, -0.2) is 11.8 Å². The molecule has 0 aromatic heterocycles. The van der Waals surface area contributed by atoms with E-state index in [-0.39, 0.29) is 5.60 Å². The molecular weight excluding hydrogens is 234 g/mol. The zero-order valence-corrected chi connectivity index (χ0v) is 11.3. The minimum Gasteiger partial charge on any atom is -0.389 e. The molecule has 0 radical (unpaired) electrons. The third-order valence-corrected chi connectivity index (χ3v) is 5.23. The largest absolute Gasteiger partial charge is 0.389 e. The monoisotopic (exact) mass is 255 g/mol. The Kier molecular flexibility index (Phi) is 2.64. The van der Waals surface area contributed by atoms with Gasteiger partial charge in [-0.3, -0.25) is 0 Å². The SMILES string of the molecule is C(=N\OC12CC3CC(CC(C3)C1)C2)/c1ccccc1. The van der Waals surface area contributed by atoms with E-state index in [0.29, 0.717) is 0 Å². The van der Waals surface area contributed by atoms with Crippen LogP contribution in [0.15, 0.2) is 35.5 Å². The van der Waals surface area contributed by atoms with Gasteiger partial charge in [0.15, 0.2) is 0 Å². The van der Waals surface area contributed by atoms with E-state index < -0.39 is 0 Å². The molecule has 4 saturated carbocycles. The van der Waals surface area contributed by atoms with Gasteiger partial charge >= 0.3 is 0 Å². The molecule has 0 atom stereocenters. The summed E-state index contributed by atoms with van der Waals surface area (Å²) < 4.78 is 0. The van der Waals surface area contributed by atoms with E-state index in [1.54, 1.807) is 0 Å². The Morgan fingerprint density at radius 3 is 2.11 bits per heavy atom. The Bertz CT molecular complexity index is 444. The summed E-state index contributed by atoms with van der Waals surface area (Å²) in [6.07, 6.45) is 9.93. The number of nitrogens with zero attached hydrogens (tertiary/aromatic N) is 1. The van der Waals surface area contributed by atoms with Crippen molar-refractivity contribution in [3.8, 4) is 0 Å². The quantitative estimate of drug-likeness (QED) is 0.591. The van der Waals surface area contributed by atoms with Crippen LogP contribution in [0, 0.1) is 17.8 Å². The summed E-state index contributed by atoms with van der Waals surface area (Å²) >= 11 is 0. The summed E-state index contributed by atoms with van der Waals surface area (Å²) in [5.74, 6) is 2.74. The minimum atomic E-state index is 0.0834. The van der Waals surface area contributed by atoms with Gasteiger partial charge in [-0.1, -0.05) is 35.5 Å². The van der Waals surface area contributed by atoms with Crippen LogP contribution in [-0.2, 0) is 4.84 Å². The summed E-state index contributed by atoms with van der Waals surface area (Å²) in [6, 6.07) is 10.2. The molecule has 0 amide bonds. The van der Waals surface area contributed by atoms with E-state index in [4.69, 9.17) is 4.84 Å². The Labute approximate surface area is 114 Å². The zero-order valence-electron chi connectivity index (χ0n) is 11.3. The van der Waals surface area contributed by atoms with Gasteiger partial charge in [-0.05, 0) is 61.8 Å². The van der Waals surface area contributed by atoms with Crippen molar-refractivity contribution < 1.29 is 4.84 Å². The highest BCUT2D eigenvalue weighted by Gasteiger charge is 2.52. The van der Waals surface area contributed by atoms with Crippen LogP contribution in [0.25, 0.3) is 0 Å². The van der Waals surface area contributed by atoms with Crippen LogP contribution in [0.3, 0.4) is 0 Å². The smallest absolute Gasteiger partial charge is 0.138 e. The molecule has 0 saturated heterocycles. The van der Waals surface area contributed by atoms with Crippen molar-refractivity contribution in [2.24, 2.45) is 22.9 Å². The van der Waals surface area contributed by atoms with Crippen LogP contribution >= 0.6 is 0 Å². The highest BCUT2D eigenvalue weighted by atomic mass is 16.6. The first kappa shape index (κ1) is 11.5. The average Bonchev–Trinajstić information content (AvgIpc) is 2.38. The van der Waals surface area contributed by atoms with Crippen molar-refractivity contribution in [2.75, 3.05) is 0 Å². The third kappa shape index (κ3) is 2.18. The predicted octanol–water partition coefficient (Wildman–Crippen LogP) is 4.01. The second-order valence-electron chi connectivity index (χ2n) is 6.84. The van der Waals surface area contributed by atoms with Crippen molar-refractivity contribution >= 4 is 6.21 Å². The lowest BCUT2D eigenvalue weighted by Crippen LogP contribution is -2.51. The van der Waals surface area contributed by atoms with E-state index in [1.807, 2.05) is 24.4 Å². The Morgan fingerprint density at radius 2 is 1.53 bits per heavy atom. The molecule has 1 aromatic carbocycles. The number of oxime groups is 1. The summed E-state index contributed by atoms with van der Waals surface area (Å²) in [7, 11) is 0. The summed E-state index contributed by atoms with van der Waals surface area (Å²) in [6.45, 7) is 0. The van der Waals surface area contributed by atoms with E-state index >= 15 is 0 Å². The first-order valence-corrected chi connectivity index (χ1v) is 7.58. The molecule has 0 N–H and O–H groups in total. The second-order valence-corrected chi connectivity index (χ2v) is 6.84. The Balaban J connectivity index is 1.47. The van der Waals surface area contributed by atoms with Crippen molar-refractivity contribution in [2.45, 2.75) is 44.1 Å². The van der Waals surface area contributed by atoms with Gasteiger partial charge < -0.3 is 4.84 Å². The molecule has 4 aliphatic carbocycles. The third-order valence-electron chi connectivity index (χ3n) is 5.23. The lowest BCUT2D eigenvalue weighted by molar-refractivity contribution is -0.161. The molecule has 2 nitrogen and oxygen atoms in total. The standard InChI is InChI=1S/C17H21NO/c1-2-4-13(5-3-1)12-18-19-17-9-14-6-15(10-17)8-16(7-14)11-17/h1-5,12,14-16H,6-11H2/b18-12+. The minimum absolute atomic E-state index is 0.0834. The fraction of sp³-hybridized carbons (Fsp3) is 0.588. The highest BCUT2D eigenvalue weighted by molar-refractivity contribution is 5.78. The maximum atomic E-state index is 6.02. The molecule has 5 rings (SSSR count). The zero-order chi connectivity index (χ0) is 12.7. The normalized spacial score (nSPS) is 39.9. The second kappa shape index (κ2) is 4.36. The lowest BCUT2D eigenvalue weighted by atomic mass is 9.54. The summed E-state index contributed by atoms with van der Waals surface area (Å²) in [4.78, 5) is 6.02. The van der Waals surface area contributed by atoms with E-state index in [9.17, 15) is 0 Å². The van der Waals surface area contributed by atoms with Gasteiger partial charge in [0.25, 0.3) is 0 Å². The first-order valence-electron chi connectivity index (χ1n) is 7.58. The molecule has 0 unspecified atom stereocenters. The molecule has 19 heavy (non-hydrogen) atoms. The van der Waals surface area contributed by atoms with E-state index in [0.717, 1.165) is 23.3 Å². The van der Waals surface area contributed by atoms with Crippen molar-refractivity contribution in [3.05, 3.63) is 35.9 Å². The lowest BCUT2D eigenvalue weighted by Gasteiger charge is -2.54. The fourth-order valence-corrected chi connectivity index (χ4v) is 4.88. The van der Waals surface area contributed by atoms with Crippen LogP contribution in [0.5, 0.6) is 0 Å². The molecule has 4 bridgehead atoms. The highest BCUT2D eigenvalue weighted by Crippen LogP contribution is 2.57. The Morgan fingerprint density at radius 1 is 0.947 bits per heavy atom. The van der Waals surface area contributed by atoms with Crippen molar-refractivity contribution in [3.63, 3.8) is 0 Å². The molecule has 4 aliphatic rings. The van der Waals surface area contributed by atoms with Gasteiger partial charge in [-0.15, -0.1) is 0 Å². The molecule has 0 aliphatic heterocycles. The number of rotatable bonds is 3. The predicted molar refractivity (Wildman–Crippen MR) is 76.0 cm³/mol. The van der Waals surface area contributed by atoms with Crippen molar-refractivity contribution in [1.29, 1.82) is 0 Å². The number of hydrogen-bond donors (Lipinski definition) is 0.